The molecule has 0 unspecified atom stereocenters. The molecule has 0 saturated carbocycles. The van der Waals surface area contributed by atoms with Crippen LogP contribution in [-0.2, 0) is 13.0 Å². The molecule has 1 aliphatic heterocycles. The van der Waals surface area contributed by atoms with Crippen LogP contribution in [0.25, 0.3) is 0 Å². The zero-order valence-electron chi connectivity index (χ0n) is 10.5. The Morgan fingerprint density at radius 3 is 3.22 bits per heavy atom. The first kappa shape index (κ1) is 11.5. The van der Waals surface area contributed by atoms with Gasteiger partial charge in [-0.05, 0) is 25.8 Å². The molecule has 0 bridgehead atoms. The molecule has 2 aromatic rings. The predicted octanol–water partition coefficient (Wildman–Crippen LogP) is 1.66. The van der Waals surface area contributed by atoms with Gasteiger partial charge >= 0.3 is 0 Å². The van der Waals surface area contributed by atoms with E-state index < -0.39 is 0 Å². The molecule has 5 nitrogen and oxygen atoms in total. The molecular weight excluding hydrogens is 226 g/mol. The monoisotopic (exact) mass is 245 g/mol. The van der Waals surface area contributed by atoms with Crippen molar-refractivity contribution in [2.75, 3.05) is 6.54 Å². The van der Waals surface area contributed by atoms with E-state index >= 15 is 0 Å². The largest absolute Gasteiger partial charge is 0.349 e. The Morgan fingerprint density at radius 2 is 2.44 bits per heavy atom. The standard InChI is InChI=1S/C13H19N5/c1-3-11(15-5-1)12-9-14-10-18(12)8-2-4-13-16-6-7-17-13/h6-7,9-11,15H,1-5,8H2,(H,16,17)/t11-/m0/s1. The Bertz CT molecular complexity index is 467. The van der Waals surface area contributed by atoms with Crippen molar-refractivity contribution >= 4 is 0 Å². The Labute approximate surface area is 107 Å². The van der Waals surface area contributed by atoms with Crippen molar-refractivity contribution in [3.8, 4) is 0 Å². The van der Waals surface area contributed by atoms with Gasteiger partial charge in [0.2, 0.25) is 0 Å². The molecule has 3 heterocycles. The number of hydrogen-bond acceptors (Lipinski definition) is 3. The summed E-state index contributed by atoms with van der Waals surface area (Å²) in [6.45, 7) is 2.14. The maximum absolute atomic E-state index is 4.28. The highest BCUT2D eigenvalue weighted by Gasteiger charge is 2.19. The molecule has 2 aromatic heterocycles. The molecule has 2 N–H and O–H groups in total. The third-order valence-corrected chi connectivity index (χ3v) is 3.53. The van der Waals surface area contributed by atoms with Gasteiger partial charge in [0.15, 0.2) is 0 Å². The van der Waals surface area contributed by atoms with Crippen molar-refractivity contribution in [2.24, 2.45) is 0 Å². The fraction of sp³-hybridized carbons (Fsp3) is 0.538. The number of aromatic nitrogens is 4. The van der Waals surface area contributed by atoms with Crippen molar-refractivity contribution in [3.63, 3.8) is 0 Å². The number of nitrogens with one attached hydrogen (secondary N) is 2. The minimum atomic E-state index is 0.496. The van der Waals surface area contributed by atoms with E-state index in [1.165, 1.54) is 18.5 Å². The van der Waals surface area contributed by atoms with Gasteiger partial charge in [0, 0.05) is 37.6 Å². The number of rotatable bonds is 5. The van der Waals surface area contributed by atoms with Gasteiger partial charge in [0.25, 0.3) is 0 Å². The van der Waals surface area contributed by atoms with Crippen LogP contribution in [0, 0.1) is 0 Å². The molecular formula is C13H19N5. The number of hydrogen-bond donors (Lipinski definition) is 2. The lowest BCUT2D eigenvalue weighted by Crippen LogP contribution is -2.17. The van der Waals surface area contributed by atoms with E-state index in [9.17, 15) is 0 Å². The lowest BCUT2D eigenvalue weighted by Gasteiger charge is -2.13. The van der Waals surface area contributed by atoms with E-state index in [0.717, 1.165) is 31.8 Å². The van der Waals surface area contributed by atoms with Crippen molar-refractivity contribution in [2.45, 2.75) is 38.3 Å². The third-order valence-electron chi connectivity index (χ3n) is 3.53. The second-order valence-electron chi connectivity index (χ2n) is 4.80. The summed E-state index contributed by atoms with van der Waals surface area (Å²) in [6, 6.07) is 0.496. The third kappa shape index (κ3) is 2.46. The summed E-state index contributed by atoms with van der Waals surface area (Å²) in [4.78, 5) is 11.7. The quantitative estimate of drug-likeness (QED) is 0.842. The van der Waals surface area contributed by atoms with E-state index in [2.05, 4.69) is 24.8 Å². The Hall–Kier alpha value is -1.62. The first-order chi connectivity index (χ1) is 8.93. The van der Waals surface area contributed by atoms with E-state index in [4.69, 9.17) is 0 Å². The lowest BCUT2D eigenvalue weighted by atomic mass is 10.1. The van der Waals surface area contributed by atoms with Crippen LogP contribution in [0.3, 0.4) is 0 Å². The summed E-state index contributed by atoms with van der Waals surface area (Å²) in [7, 11) is 0. The average Bonchev–Trinajstić information content (AvgIpc) is 3.12. The predicted molar refractivity (Wildman–Crippen MR) is 69.1 cm³/mol. The number of nitrogens with zero attached hydrogens (tertiary/aromatic N) is 3. The zero-order chi connectivity index (χ0) is 12.2. The smallest absolute Gasteiger partial charge is 0.106 e. The molecule has 0 radical (unpaired) electrons. The number of imidazole rings is 2. The van der Waals surface area contributed by atoms with Crippen LogP contribution in [0.2, 0.25) is 0 Å². The molecule has 96 valence electrons. The van der Waals surface area contributed by atoms with E-state index in [-0.39, 0.29) is 0 Å². The van der Waals surface area contributed by atoms with Gasteiger partial charge in [-0.1, -0.05) is 0 Å². The van der Waals surface area contributed by atoms with Gasteiger partial charge in [-0.25, -0.2) is 9.97 Å². The van der Waals surface area contributed by atoms with Gasteiger partial charge in [-0.2, -0.15) is 0 Å². The minimum absolute atomic E-state index is 0.496. The maximum atomic E-state index is 4.28. The van der Waals surface area contributed by atoms with Crippen molar-refractivity contribution < 1.29 is 0 Å². The lowest BCUT2D eigenvalue weighted by molar-refractivity contribution is 0.545. The molecule has 1 saturated heterocycles. The highest BCUT2D eigenvalue weighted by Crippen LogP contribution is 2.22. The van der Waals surface area contributed by atoms with Crippen LogP contribution in [0.1, 0.15) is 36.8 Å². The molecule has 18 heavy (non-hydrogen) atoms. The average molecular weight is 245 g/mol. The normalized spacial score (nSPS) is 19.4. The number of aromatic amines is 1. The Kier molecular flexibility index (Phi) is 3.41. The second-order valence-corrected chi connectivity index (χ2v) is 4.80. The fourth-order valence-electron chi connectivity index (χ4n) is 2.60. The summed E-state index contributed by atoms with van der Waals surface area (Å²) >= 11 is 0. The van der Waals surface area contributed by atoms with Crippen molar-refractivity contribution in [3.05, 3.63) is 36.4 Å². The molecule has 1 aliphatic rings. The van der Waals surface area contributed by atoms with Gasteiger partial charge in [0.1, 0.15) is 5.82 Å². The number of aryl methyl sites for hydroxylation is 2. The molecule has 3 rings (SSSR count). The zero-order valence-corrected chi connectivity index (χ0v) is 10.5. The topological polar surface area (TPSA) is 58.5 Å². The molecule has 0 aliphatic carbocycles. The fourth-order valence-corrected chi connectivity index (χ4v) is 2.60. The minimum Gasteiger partial charge on any atom is -0.349 e. The van der Waals surface area contributed by atoms with Crippen LogP contribution in [-0.4, -0.2) is 26.1 Å². The molecule has 0 amide bonds. The van der Waals surface area contributed by atoms with Gasteiger partial charge < -0.3 is 14.9 Å². The Balaban J connectivity index is 1.57. The van der Waals surface area contributed by atoms with Gasteiger partial charge in [-0.15, -0.1) is 0 Å². The van der Waals surface area contributed by atoms with Crippen molar-refractivity contribution in [1.29, 1.82) is 0 Å². The molecule has 0 aromatic carbocycles. The molecule has 0 spiro atoms. The second kappa shape index (κ2) is 5.35. The summed E-state index contributed by atoms with van der Waals surface area (Å²) < 4.78 is 2.27. The highest BCUT2D eigenvalue weighted by molar-refractivity contribution is 5.07. The summed E-state index contributed by atoms with van der Waals surface area (Å²) in [5, 5.41) is 3.52. The SMILES string of the molecule is c1c[nH]c(CCCn2cncc2[C@@H]2CCCN2)n1. The summed E-state index contributed by atoms with van der Waals surface area (Å²) in [5.41, 5.74) is 1.33. The van der Waals surface area contributed by atoms with E-state index in [0.29, 0.717) is 6.04 Å². The maximum Gasteiger partial charge on any atom is 0.106 e. The van der Waals surface area contributed by atoms with Gasteiger partial charge in [0.05, 0.1) is 12.0 Å². The highest BCUT2D eigenvalue weighted by atomic mass is 15.1. The van der Waals surface area contributed by atoms with Crippen LogP contribution >= 0.6 is 0 Å². The van der Waals surface area contributed by atoms with Gasteiger partial charge in [-0.3, -0.25) is 0 Å². The van der Waals surface area contributed by atoms with Crippen LogP contribution in [0.5, 0.6) is 0 Å². The molecule has 1 atom stereocenters. The van der Waals surface area contributed by atoms with E-state index in [1.54, 1.807) is 6.20 Å². The molecule has 5 heteroatoms. The summed E-state index contributed by atoms with van der Waals surface area (Å²) in [6.07, 6.45) is 12.2. The first-order valence-electron chi connectivity index (χ1n) is 6.65. The van der Waals surface area contributed by atoms with Crippen LogP contribution in [0.4, 0.5) is 0 Å². The van der Waals surface area contributed by atoms with E-state index in [1.807, 2.05) is 18.7 Å². The Morgan fingerprint density at radius 1 is 1.44 bits per heavy atom. The van der Waals surface area contributed by atoms with Crippen LogP contribution in [0.15, 0.2) is 24.9 Å². The number of H-pyrrole nitrogens is 1. The van der Waals surface area contributed by atoms with Crippen LogP contribution < -0.4 is 5.32 Å². The van der Waals surface area contributed by atoms with Crippen molar-refractivity contribution in [1.82, 2.24) is 24.8 Å². The first-order valence-corrected chi connectivity index (χ1v) is 6.65. The molecule has 1 fully saturated rings. The summed E-state index contributed by atoms with van der Waals surface area (Å²) in [5.74, 6) is 1.07.